The molecule has 0 saturated heterocycles. The van der Waals surface area contributed by atoms with Crippen molar-refractivity contribution in [2.75, 3.05) is 6.61 Å². The van der Waals surface area contributed by atoms with Crippen LogP contribution in [0.4, 0.5) is 0 Å². The normalized spacial score (nSPS) is 13.5. The van der Waals surface area contributed by atoms with Gasteiger partial charge in [-0.3, -0.25) is 9.59 Å². The molecular weight excluding hydrogens is 392 g/mol. The quantitative estimate of drug-likeness (QED) is 0.408. The number of nitrogens with one attached hydrogen (secondary N) is 1. The van der Waals surface area contributed by atoms with Crippen molar-refractivity contribution in [3.05, 3.63) is 64.8 Å². The molecule has 0 fully saturated rings. The summed E-state index contributed by atoms with van der Waals surface area (Å²) < 4.78 is 11.0. The van der Waals surface area contributed by atoms with E-state index < -0.39 is 0 Å². The van der Waals surface area contributed by atoms with Crippen LogP contribution in [0.2, 0.25) is 0 Å². The number of aromatic nitrogens is 2. The summed E-state index contributed by atoms with van der Waals surface area (Å²) in [4.78, 5) is 31.5. The predicted molar refractivity (Wildman–Crippen MR) is 120 cm³/mol. The number of H-pyrrole nitrogens is 1. The second-order valence-electron chi connectivity index (χ2n) is 7.98. The predicted octanol–water partition coefficient (Wildman–Crippen LogP) is 4.91. The summed E-state index contributed by atoms with van der Waals surface area (Å²) in [6.45, 7) is 9.83. The van der Waals surface area contributed by atoms with Gasteiger partial charge in [0.2, 0.25) is 0 Å². The molecule has 0 aliphatic heterocycles. The van der Waals surface area contributed by atoms with E-state index in [1.807, 2.05) is 52.1 Å². The second kappa shape index (κ2) is 12.1. The molecule has 6 heteroatoms. The van der Waals surface area contributed by atoms with E-state index in [2.05, 4.69) is 16.0 Å². The van der Waals surface area contributed by atoms with Crippen molar-refractivity contribution in [2.45, 2.75) is 60.5 Å². The molecule has 0 amide bonds. The first-order chi connectivity index (χ1) is 14.8. The van der Waals surface area contributed by atoms with Crippen LogP contribution in [-0.4, -0.2) is 28.5 Å². The Labute approximate surface area is 185 Å². The van der Waals surface area contributed by atoms with E-state index in [0.717, 1.165) is 28.8 Å². The number of nitrogens with zero attached hydrogens (tertiary/aromatic N) is 1. The summed E-state index contributed by atoms with van der Waals surface area (Å²) in [5.74, 6) is -1.02. The lowest BCUT2D eigenvalue weighted by Gasteiger charge is -2.25. The maximum Gasteiger partial charge on any atom is 0.309 e. The standard InChI is InChI=1S/C25H34N2O4/c1-6-17(3)11-22(15-30-19(5)28)24(7-2)25(29)31-14-21-10-8-9-20(18(21)4)12-23-13-26-16-27-23/h6,8-10,13,16,22,24H,7,11-12,14-15H2,1-5H3,(H,26,27)/b17-6+/t22-,24?/m0/s1. The van der Waals surface area contributed by atoms with Crippen LogP contribution in [0.5, 0.6) is 0 Å². The van der Waals surface area contributed by atoms with Gasteiger partial charge >= 0.3 is 11.9 Å². The molecule has 31 heavy (non-hydrogen) atoms. The summed E-state index contributed by atoms with van der Waals surface area (Å²) in [6.07, 6.45) is 7.57. The van der Waals surface area contributed by atoms with E-state index in [0.29, 0.717) is 12.8 Å². The monoisotopic (exact) mass is 426 g/mol. The van der Waals surface area contributed by atoms with Crippen LogP contribution in [-0.2, 0) is 32.1 Å². The van der Waals surface area contributed by atoms with E-state index in [4.69, 9.17) is 9.47 Å². The van der Waals surface area contributed by atoms with Gasteiger partial charge in [0.1, 0.15) is 6.61 Å². The molecule has 0 aliphatic rings. The molecule has 6 nitrogen and oxygen atoms in total. The van der Waals surface area contributed by atoms with Crippen LogP contribution in [0.25, 0.3) is 0 Å². The smallest absolute Gasteiger partial charge is 0.309 e. The molecular formula is C25H34N2O4. The number of aromatic amines is 1. The third kappa shape index (κ3) is 7.39. The lowest BCUT2D eigenvalue weighted by atomic mass is 9.85. The van der Waals surface area contributed by atoms with E-state index in [1.54, 1.807) is 6.33 Å². The Kier molecular flexibility index (Phi) is 9.50. The minimum atomic E-state index is -0.337. The van der Waals surface area contributed by atoms with Gasteiger partial charge in [0.05, 0.1) is 18.9 Å². The topological polar surface area (TPSA) is 81.3 Å². The third-order valence-electron chi connectivity index (χ3n) is 5.75. The second-order valence-corrected chi connectivity index (χ2v) is 7.98. The highest BCUT2D eigenvalue weighted by atomic mass is 16.5. The van der Waals surface area contributed by atoms with E-state index in [-0.39, 0.29) is 37.0 Å². The first-order valence-corrected chi connectivity index (χ1v) is 10.8. The van der Waals surface area contributed by atoms with Gasteiger partial charge in [-0.05, 0) is 50.3 Å². The number of allylic oxidation sites excluding steroid dienone is 2. The lowest BCUT2D eigenvalue weighted by Crippen LogP contribution is -2.29. The van der Waals surface area contributed by atoms with Crippen LogP contribution in [0.1, 0.15) is 62.9 Å². The average molecular weight is 427 g/mol. The largest absolute Gasteiger partial charge is 0.466 e. The number of ether oxygens (including phenoxy) is 2. The van der Waals surface area contributed by atoms with Gasteiger partial charge in [0.15, 0.2) is 0 Å². The van der Waals surface area contributed by atoms with Gasteiger partial charge in [0.25, 0.3) is 0 Å². The molecule has 1 heterocycles. The summed E-state index contributed by atoms with van der Waals surface area (Å²) in [7, 11) is 0. The van der Waals surface area contributed by atoms with Crippen molar-refractivity contribution in [1.82, 2.24) is 9.97 Å². The summed E-state index contributed by atoms with van der Waals surface area (Å²) in [6, 6.07) is 6.05. The van der Waals surface area contributed by atoms with Gasteiger partial charge in [-0.15, -0.1) is 0 Å². The Bertz CT molecular complexity index is 887. The number of carbonyl (C=O) groups is 2. The Hall–Kier alpha value is -2.89. The number of hydrogen-bond acceptors (Lipinski definition) is 5. The van der Waals surface area contributed by atoms with Crippen molar-refractivity contribution in [3.63, 3.8) is 0 Å². The number of carbonyl (C=O) groups excluding carboxylic acids is 2. The molecule has 2 atom stereocenters. The Morgan fingerprint density at radius 3 is 2.55 bits per heavy atom. The maximum atomic E-state index is 13.0. The van der Waals surface area contributed by atoms with Gasteiger partial charge in [-0.2, -0.15) is 0 Å². The first-order valence-electron chi connectivity index (χ1n) is 10.8. The fourth-order valence-electron chi connectivity index (χ4n) is 3.69. The minimum absolute atomic E-state index is 0.106. The van der Waals surface area contributed by atoms with Gasteiger partial charge < -0.3 is 14.5 Å². The van der Waals surface area contributed by atoms with Crippen molar-refractivity contribution >= 4 is 11.9 Å². The summed E-state index contributed by atoms with van der Waals surface area (Å²) in [5, 5.41) is 0. The van der Waals surface area contributed by atoms with Crippen molar-refractivity contribution in [3.8, 4) is 0 Å². The highest BCUT2D eigenvalue weighted by molar-refractivity contribution is 5.73. The zero-order chi connectivity index (χ0) is 22.8. The number of esters is 2. The van der Waals surface area contributed by atoms with E-state index >= 15 is 0 Å². The third-order valence-corrected chi connectivity index (χ3v) is 5.75. The zero-order valence-electron chi connectivity index (χ0n) is 19.2. The van der Waals surface area contributed by atoms with E-state index in [1.165, 1.54) is 12.5 Å². The number of rotatable bonds is 11. The molecule has 0 radical (unpaired) electrons. The molecule has 1 aromatic carbocycles. The minimum Gasteiger partial charge on any atom is -0.466 e. The molecule has 168 valence electrons. The van der Waals surface area contributed by atoms with Gasteiger partial charge in [0, 0.05) is 31.2 Å². The SMILES string of the molecule is C/C=C(\C)C[C@@H](COC(C)=O)C(CC)C(=O)OCc1cccc(Cc2cnc[nH]2)c1C. The zero-order valence-corrected chi connectivity index (χ0v) is 19.2. The lowest BCUT2D eigenvalue weighted by molar-refractivity contribution is -0.155. The molecule has 2 aromatic rings. The fourth-order valence-corrected chi connectivity index (χ4v) is 3.69. The Balaban J connectivity index is 2.08. The van der Waals surface area contributed by atoms with E-state index in [9.17, 15) is 9.59 Å². The Morgan fingerprint density at radius 2 is 1.94 bits per heavy atom. The highest BCUT2D eigenvalue weighted by Crippen LogP contribution is 2.26. The molecule has 0 bridgehead atoms. The van der Waals surface area contributed by atoms with Crippen LogP contribution in [0, 0.1) is 18.8 Å². The molecule has 0 spiro atoms. The molecule has 0 saturated carbocycles. The van der Waals surface area contributed by atoms with Crippen molar-refractivity contribution < 1.29 is 19.1 Å². The number of imidazole rings is 1. The van der Waals surface area contributed by atoms with Crippen LogP contribution >= 0.6 is 0 Å². The van der Waals surface area contributed by atoms with Gasteiger partial charge in [-0.25, -0.2) is 4.98 Å². The van der Waals surface area contributed by atoms with Crippen LogP contribution in [0.15, 0.2) is 42.4 Å². The molecule has 2 rings (SSSR count). The average Bonchev–Trinajstić information content (AvgIpc) is 3.25. The number of benzene rings is 1. The molecule has 1 N–H and O–H groups in total. The Morgan fingerprint density at radius 1 is 1.19 bits per heavy atom. The number of hydrogen-bond donors (Lipinski definition) is 1. The van der Waals surface area contributed by atoms with Gasteiger partial charge in [-0.1, -0.05) is 36.8 Å². The maximum absolute atomic E-state index is 13.0. The first kappa shape index (κ1) is 24.4. The van der Waals surface area contributed by atoms with Crippen LogP contribution in [0.3, 0.4) is 0 Å². The van der Waals surface area contributed by atoms with Crippen molar-refractivity contribution in [1.29, 1.82) is 0 Å². The molecule has 0 aliphatic carbocycles. The molecule has 1 aromatic heterocycles. The summed E-state index contributed by atoms with van der Waals surface area (Å²) >= 11 is 0. The van der Waals surface area contributed by atoms with Crippen LogP contribution < -0.4 is 0 Å². The molecule has 1 unspecified atom stereocenters. The fraction of sp³-hybridized carbons (Fsp3) is 0.480. The highest BCUT2D eigenvalue weighted by Gasteiger charge is 2.29. The summed E-state index contributed by atoms with van der Waals surface area (Å²) in [5.41, 5.74) is 5.46. The van der Waals surface area contributed by atoms with Crippen molar-refractivity contribution in [2.24, 2.45) is 11.8 Å².